The molecule has 0 aliphatic heterocycles. The lowest BCUT2D eigenvalue weighted by molar-refractivity contribution is 0.482. The Morgan fingerprint density at radius 3 is 2.30 bits per heavy atom. The first-order valence-electron chi connectivity index (χ1n) is 5.54. The Labute approximate surface area is 127 Å². The van der Waals surface area contributed by atoms with Crippen LogP contribution in [0.25, 0.3) is 0 Å². The number of nitrogens with two attached hydrogens (primary N) is 1. The van der Waals surface area contributed by atoms with E-state index < -0.39 is 10.0 Å². The van der Waals surface area contributed by atoms with E-state index in [1.54, 1.807) is 12.1 Å². The number of sulfonamides is 1. The zero-order valence-electron chi connectivity index (χ0n) is 10.4. The van der Waals surface area contributed by atoms with Gasteiger partial charge in [0.05, 0.1) is 14.9 Å². The van der Waals surface area contributed by atoms with E-state index in [0.717, 1.165) is 5.56 Å². The Morgan fingerprint density at radius 2 is 1.70 bits per heavy atom. The van der Waals surface area contributed by atoms with E-state index in [1.165, 1.54) is 18.2 Å². The topological polar surface area (TPSA) is 69.4 Å². The lowest BCUT2D eigenvalue weighted by Gasteiger charge is -2.10. The number of ether oxygens (including phenoxy) is 1. The molecule has 0 aromatic heterocycles. The summed E-state index contributed by atoms with van der Waals surface area (Å²) in [5, 5.41) is 5.59. The van der Waals surface area contributed by atoms with Gasteiger partial charge in [0.25, 0.3) is 0 Å². The van der Waals surface area contributed by atoms with Gasteiger partial charge in [-0.25, -0.2) is 13.6 Å². The predicted molar refractivity (Wildman–Crippen MR) is 79.1 cm³/mol. The number of rotatable bonds is 3. The van der Waals surface area contributed by atoms with Crippen molar-refractivity contribution in [3.05, 3.63) is 52.0 Å². The van der Waals surface area contributed by atoms with Crippen LogP contribution in [0.15, 0.2) is 41.3 Å². The first kappa shape index (κ1) is 15.1. The number of hydrogen-bond acceptors (Lipinski definition) is 3. The highest BCUT2D eigenvalue weighted by molar-refractivity contribution is 7.89. The minimum absolute atomic E-state index is 0.0785. The van der Waals surface area contributed by atoms with Gasteiger partial charge in [-0.3, -0.25) is 0 Å². The molecular weight excluding hydrogens is 321 g/mol. The summed E-state index contributed by atoms with van der Waals surface area (Å²) in [5.74, 6) is 0.739. The third-order valence-electron chi connectivity index (χ3n) is 2.54. The summed E-state index contributed by atoms with van der Waals surface area (Å²) in [7, 11) is -3.80. The van der Waals surface area contributed by atoms with Crippen LogP contribution in [0.3, 0.4) is 0 Å². The van der Waals surface area contributed by atoms with E-state index in [1.807, 2.05) is 13.0 Å². The molecule has 0 bridgehead atoms. The Bertz CT molecular complexity index is 760. The molecule has 0 amide bonds. The van der Waals surface area contributed by atoms with Crippen LogP contribution in [-0.2, 0) is 10.0 Å². The van der Waals surface area contributed by atoms with Crippen molar-refractivity contribution in [1.29, 1.82) is 0 Å². The second kappa shape index (κ2) is 5.61. The molecular formula is C13H11Cl2NO3S. The van der Waals surface area contributed by atoms with Crippen LogP contribution in [-0.4, -0.2) is 8.42 Å². The molecule has 0 heterocycles. The number of benzene rings is 2. The van der Waals surface area contributed by atoms with Crippen LogP contribution in [0.2, 0.25) is 10.0 Å². The van der Waals surface area contributed by atoms with Crippen molar-refractivity contribution in [2.75, 3.05) is 0 Å². The van der Waals surface area contributed by atoms with Crippen LogP contribution < -0.4 is 9.88 Å². The lowest BCUT2D eigenvalue weighted by Crippen LogP contribution is -2.11. The molecule has 0 atom stereocenters. The first-order chi connectivity index (χ1) is 9.27. The fourth-order valence-electron chi connectivity index (χ4n) is 1.55. The highest BCUT2D eigenvalue weighted by atomic mass is 35.5. The third kappa shape index (κ3) is 3.43. The molecule has 0 unspecified atom stereocenters. The summed E-state index contributed by atoms with van der Waals surface area (Å²) in [4.78, 5) is -0.0785. The Balaban J connectivity index is 2.38. The summed E-state index contributed by atoms with van der Waals surface area (Å²) in [6.07, 6.45) is 0. The van der Waals surface area contributed by atoms with Gasteiger partial charge in [0.1, 0.15) is 11.5 Å². The molecule has 2 N–H and O–H groups in total. The van der Waals surface area contributed by atoms with Crippen LogP contribution in [0.1, 0.15) is 5.56 Å². The predicted octanol–water partition coefficient (Wildman–Crippen LogP) is 3.74. The second-order valence-electron chi connectivity index (χ2n) is 4.17. The van der Waals surface area contributed by atoms with E-state index in [9.17, 15) is 8.42 Å². The van der Waals surface area contributed by atoms with Crippen molar-refractivity contribution >= 4 is 33.2 Å². The van der Waals surface area contributed by atoms with E-state index in [-0.39, 0.29) is 9.92 Å². The molecule has 4 nitrogen and oxygen atoms in total. The van der Waals surface area contributed by atoms with Crippen molar-refractivity contribution < 1.29 is 13.2 Å². The monoisotopic (exact) mass is 331 g/mol. The average molecular weight is 332 g/mol. The van der Waals surface area contributed by atoms with Gasteiger partial charge in [-0.2, -0.15) is 0 Å². The van der Waals surface area contributed by atoms with Crippen LogP contribution in [0.4, 0.5) is 0 Å². The van der Waals surface area contributed by atoms with Crippen molar-refractivity contribution in [1.82, 2.24) is 0 Å². The van der Waals surface area contributed by atoms with Crippen LogP contribution in [0, 0.1) is 6.92 Å². The smallest absolute Gasteiger partial charge is 0.238 e. The third-order valence-corrected chi connectivity index (χ3v) is 4.06. The van der Waals surface area contributed by atoms with Crippen LogP contribution in [0.5, 0.6) is 11.5 Å². The van der Waals surface area contributed by atoms with Gasteiger partial charge in [-0.15, -0.1) is 0 Å². The molecule has 2 aromatic carbocycles. The number of primary sulfonamides is 1. The molecule has 0 saturated heterocycles. The molecule has 0 fully saturated rings. The molecule has 106 valence electrons. The Kier molecular flexibility index (Phi) is 4.25. The minimum Gasteiger partial charge on any atom is -0.454 e. The molecule has 0 aliphatic carbocycles. The zero-order valence-corrected chi connectivity index (χ0v) is 12.8. The quantitative estimate of drug-likeness (QED) is 0.931. The van der Waals surface area contributed by atoms with E-state index >= 15 is 0 Å². The molecule has 0 aliphatic rings. The van der Waals surface area contributed by atoms with Gasteiger partial charge >= 0.3 is 0 Å². The molecule has 7 heteroatoms. The molecule has 2 aromatic rings. The number of halogens is 2. The van der Waals surface area contributed by atoms with Crippen molar-refractivity contribution in [2.24, 2.45) is 5.14 Å². The standard InChI is InChI=1S/C13H11Cl2NO3S/c1-8-2-4-10(14)13(6-8)19-12-5-3-9(7-11(12)15)20(16,17)18/h2-7H,1H3,(H2,16,17,18). The van der Waals surface area contributed by atoms with E-state index in [0.29, 0.717) is 16.5 Å². The van der Waals surface area contributed by atoms with Gasteiger partial charge in [0.2, 0.25) is 10.0 Å². The molecule has 2 rings (SSSR count). The average Bonchev–Trinajstić information content (AvgIpc) is 2.35. The molecule has 20 heavy (non-hydrogen) atoms. The maximum atomic E-state index is 11.2. The summed E-state index contributed by atoms with van der Waals surface area (Å²) < 4.78 is 28.0. The summed E-state index contributed by atoms with van der Waals surface area (Å²) in [5.41, 5.74) is 0.974. The fraction of sp³-hybridized carbons (Fsp3) is 0.0769. The highest BCUT2D eigenvalue weighted by Gasteiger charge is 2.12. The molecule has 0 saturated carbocycles. The zero-order chi connectivity index (χ0) is 14.9. The maximum Gasteiger partial charge on any atom is 0.238 e. The fourth-order valence-corrected chi connectivity index (χ4v) is 2.53. The number of aryl methyl sites for hydroxylation is 1. The largest absolute Gasteiger partial charge is 0.454 e. The summed E-state index contributed by atoms with van der Waals surface area (Å²) in [6, 6.07) is 9.29. The SMILES string of the molecule is Cc1ccc(Cl)c(Oc2ccc(S(N)(=O)=O)cc2Cl)c1. The van der Waals surface area contributed by atoms with Crippen molar-refractivity contribution in [2.45, 2.75) is 11.8 Å². The van der Waals surface area contributed by atoms with Gasteiger partial charge in [0, 0.05) is 0 Å². The first-order valence-corrected chi connectivity index (χ1v) is 7.84. The van der Waals surface area contributed by atoms with Crippen molar-refractivity contribution in [3.63, 3.8) is 0 Å². The molecule has 0 radical (unpaired) electrons. The second-order valence-corrected chi connectivity index (χ2v) is 6.55. The van der Waals surface area contributed by atoms with Gasteiger partial charge in [-0.05, 0) is 42.8 Å². The summed E-state index contributed by atoms with van der Waals surface area (Å²) in [6.45, 7) is 1.90. The Hall–Kier alpha value is -1.27. The van der Waals surface area contributed by atoms with Crippen molar-refractivity contribution in [3.8, 4) is 11.5 Å². The van der Waals surface area contributed by atoms with Gasteiger partial charge in [-0.1, -0.05) is 29.3 Å². The lowest BCUT2D eigenvalue weighted by atomic mass is 10.2. The summed E-state index contributed by atoms with van der Waals surface area (Å²) >= 11 is 12.0. The highest BCUT2D eigenvalue weighted by Crippen LogP contribution is 2.35. The van der Waals surface area contributed by atoms with Gasteiger partial charge in [0.15, 0.2) is 0 Å². The van der Waals surface area contributed by atoms with E-state index in [2.05, 4.69) is 0 Å². The minimum atomic E-state index is -3.80. The number of hydrogen-bond donors (Lipinski definition) is 1. The Morgan fingerprint density at radius 1 is 1.00 bits per heavy atom. The van der Waals surface area contributed by atoms with Gasteiger partial charge < -0.3 is 4.74 Å². The maximum absolute atomic E-state index is 11.2. The van der Waals surface area contributed by atoms with E-state index in [4.69, 9.17) is 33.1 Å². The molecule has 0 spiro atoms. The van der Waals surface area contributed by atoms with Crippen LogP contribution >= 0.6 is 23.2 Å². The normalized spacial score (nSPS) is 11.4.